The predicted molar refractivity (Wildman–Crippen MR) is 63.7 cm³/mol. The van der Waals surface area contributed by atoms with Crippen LogP contribution in [0, 0.1) is 0 Å². The fourth-order valence-corrected chi connectivity index (χ4v) is 2.82. The van der Waals surface area contributed by atoms with Gasteiger partial charge in [0.2, 0.25) is 5.91 Å². The number of aromatic nitrogens is 1. The second-order valence-corrected chi connectivity index (χ2v) is 5.06. The Morgan fingerprint density at radius 2 is 2.38 bits per heavy atom. The number of nitrogens with one attached hydrogen (secondary N) is 1. The summed E-state index contributed by atoms with van der Waals surface area (Å²) in [4.78, 5) is 16.9. The lowest BCUT2D eigenvalue weighted by atomic mass is 10.1. The minimum atomic E-state index is 0.00715. The summed E-state index contributed by atoms with van der Waals surface area (Å²) in [5, 5.41) is 3.49. The minimum Gasteiger partial charge on any atom is -0.370 e. The van der Waals surface area contributed by atoms with Crippen molar-refractivity contribution in [1.29, 1.82) is 0 Å². The Bertz CT molecular complexity index is 403. The van der Waals surface area contributed by atoms with E-state index >= 15 is 0 Å². The Hall–Kier alpha value is -0.940. The van der Waals surface area contributed by atoms with E-state index < -0.39 is 0 Å². The van der Waals surface area contributed by atoms with E-state index in [0.29, 0.717) is 11.6 Å². The van der Waals surface area contributed by atoms with E-state index in [0.717, 1.165) is 17.0 Å². The molecule has 5 heteroatoms. The van der Waals surface area contributed by atoms with Crippen LogP contribution in [0.2, 0.25) is 0 Å². The molecule has 16 heavy (non-hydrogen) atoms. The molecule has 0 spiro atoms. The number of rotatable bonds is 2. The third kappa shape index (κ3) is 2.25. The van der Waals surface area contributed by atoms with Gasteiger partial charge in [-0.1, -0.05) is 18.3 Å². The van der Waals surface area contributed by atoms with Crippen molar-refractivity contribution in [2.75, 3.05) is 5.32 Å². The van der Waals surface area contributed by atoms with Gasteiger partial charge in [-0.25, -0.2) is 4.98 Å². The molecule has 0 aromatic carbocycles. The first kappa shape index (κ1) is 11.5. The average molecular weight is 240 g/mol. The topological polar surface area (TPSA) is 51.2 Å². The van der Waals surface area contributed by atoms with Crippen LogP contribution in [0.4, 0.5) is 5.13 Å². The number of hydrogen-bond acceptors (Lipinski definition) is 4. The summed E-state index contributed by atoms with van der Waals surface area (Å²) < 4.78 is 5.71. The molecule has 2 heterocycles. The highest BCUT2D eigenvalue weighted by Crippen LogP contribution is 2.36. The normalized spacial score (nSPS) is 23.9. The van der Waals surface area contributed by atoms with Gasteiger partial charge in [-0.05, 0) is 13.8 Å². The second-order valence-electron chi connectivity index (χ2n) is 4.02. The molecule has 0 radical (unpaired) electrons. The van der Waals surface area contributed by atoms with E-state index in [9.17, 15) is 4.79 Å². The van der Waals surface area contributed by atoms with Crippen LogP contribution in [-0.4, -0.2) is 17.0 Å². The van der Waals surface area contributed by atoms with Gasteiger partial charge >= 0.3 is 0 Å². The molecule has 1 aromatic rings. The van der Waals surface area contributed by atoms with Gasteiger partial charge in [0.15, 0.2) is 5.13 Å². The van der Waals surface area contributed by atoms with Crippen molar-refractivity contribution in [2.45, 2.75) is 45.8 Å². The van der Waals surface area contributed by atoms with Crippen molar-refractivity contribution in [3.8, 4) is 0 Å². The molecule has 0 saturated heterocycles. The maximum Gasteiger partial charge on any atom is 0.225 e. The van der Waals surface area contributed by atoms with Crippen molar-refractivity contribution in [2.24, 2.45) is 0 Å². The van der Waals surface area contributed by atoms with E-state index in [1.165, 1.54) is 11.3 Å². The number of ether oxygens (including phenoxy) is 1. The highest BCUT2D eigenvalue weighted by molar-refractivity contribution is 7.16. The summed E-state index contributed by atoms with van der Waals surface area (Å²) in [5.41, 5.74) is 1.07. The number of fused-ring (bicyclic) bond motifs is 1. The third-order valence-electron chi connectivity index (χ3n) is 2.58. The van der Waals surface area contributed by atoms with E-state index in [4.69, 9.17) is 4.74 Å². The molecule has 4 nitrogen and oxygen atoms in total. The molecule has 1 amide bonds. The number of carbonyl (C=O) groups excluding carboxylic acids is 1. The quantitative estimate of drug-likeness (QED) is 0.864. The summed E-state index contributed by atoms with van der Waals surface area (Å²) in [6, 6.07) is 0. The lowest BCUT2D eigenvalue weighted by Gasteiger charge is -2.23. The first-order chi connectivity index (χ1) is 7.60. The standard InChI is InChI=1S/C11H16N2O2S/c1-4-9(14)13-11-12-8-5-6(2)15-7(3)10(8)16-11/h6-7H,4-5H2,1-3H3,(H,12,13,14). The molecule has 0 saturated carbocycles. The summed E-state index contributed by atoms with van der Waals surface area (Å²) in [6.07, 6.45) is 1.60. The Morgan fingerprint density at radius 3 is 3.06 bits per heavy atom. The Kier molecular flexibility index (Phi) is 3.25. The van der Waals surface area contributed by atoms with Gasteiger partial charge in [-0.2, -0.15) is 0 Å². The van der Waals surface area contributed by atoms with Crippen LogP contribution in [0.5, 0.6) is 0 Å². The number of amides is 1. The number of carbonyl (C=O) groups is 1. The van der Waals surface area contributed by atoms with Gasteiger partial charge in [-0.15, -0.1) is 0 Å². The fraction of sp³-hybridized carbons (Fsp3) is 0.636. The highest BCUT2D eigenvalue weighted by Gasteiger charge is 2.26. The largest absolute Gasteiger partial charge is 0.370 e. The van der Waals surface area contributed by atoms with Crippen molar-refractivity contribution >= 4 is 22.4 Å². The number of anilines is 1. The second kappa shape index (κ2) is 4.51. The zero-order chi connectivity index (χ0) is 11.7. The molecular weight excluding hydrogens is 224 g/mol. The number of hydrogen-bond donors (Lipinski definition) is 1. The molecule has 0 fully saturated rings. The van der Waals surface area contributed by atoms with Crippen LogP contribution in [0.1, 0.15) is 43.9 Å². The molecule has 2 atom stereocenters. The van der Waals surface area contributed by atoms with Crippen LogP contribution in [-0.2, 0) is 16.0 Å². The smallest absolute Gasteiger partial charge is 0.225 e. The molecule has 88 valence electrons. The maximum atomic E-state index is 11.3. The number of thiazole rings is 1. The van der Waals surface area contributed by atoms with Crippen LogP contribution in [0.3, 0.4) is 0 Å². The SMILES string of the molecule is CCC(=O)Nc1nc2c(s1)C(C)OC(C)C2. The molecule has 2 rings (SSSR count). The van der Waals surface area contributed by atoms with Crippen LogP contribution < -0.4 is 5.32 Å². The summed E-state index contributed by atoms with van der Waals surface area (Å²) in [5.74, 6) is 0.00715. The predicted octanol–water partition coefficient (Wildman–Crippen LogP) is 2.51. The maximum absolute atomic E-state index is 11.3. The van der Waals surface area contributed by atoms with Gasteiger partial charge in [0.05, 0.1) is 22.8 Å². The molecule has 0 aliphatic carbocycles. The van der Waals surface area contributed by atoms with E-state index in [-0.39, 0.29) is 18.1 Å². The molecule has 1 aliphatic rings. The van der Waals surface area contributed by atoms with Crippen molar-refractivity contribution in [3.63, 3.8) is 0 Å². The Morgan fingerprint density at radius 1 is 1.62 bits per heavy atom. The molecule has 2 unspecified atom stereocenters. The zero-order valence-electron chi connectivity index (χ0n) is 9.74. The van der Waals surface area contributed by atoms with Gasteiger partial charge in [0.25, 0.3) is 0 Å². The number of nitrogens with zero attached hydrogens (tertiary/aromatic N) is 1. The average Bonchev–Trinajstić information content (AvgIpc) is 2.60. The Balaban J connectivity index is 2.20. The monoisotopic (exact) mass is 240 g/mol. The first-order valence-electron chi connectivity index (χ1n) is 5.55. The molecule has 1 aromatic heterocycles. The summed E-state index contributed by atoms with van der Waals surface area (Å²) in [6.45, 7) is 5.90. The fourth-order valence-electron chi connectivity index (χ4n) is 1.82. The van der Waals surface area contributed by atoms with E-state index in [1.807, 2.05) is 20.8 Å². The first-order valence-corrected chi connectivity index (χ1v) is 6.36. The lowest BCUT2D eigenvalue weighted by Crippen LogP contribution is -2.20. The van der Waals surface area contributed by atoms with Crippen molar-refractivity contribution in [3.05, 3.63) is 10.6 Å². The zero-order valence-corrected chi connectivity index (χ0v) is 10.6. The van der Waals surface area contributed by atoms with Crippen LogP contribution in [0.15, 0.2) is 0 Å². The van der Waals surface area contributed by atoms with Crippen molar-refractivity contribution in [1.82, 2.24) is 4.98 Å². The van der Waals surface area contributed by atoms with Crippen LogP contribution in [0.25, 0.3) is 0 Å². The van der Waals surface area contributed by atoms with Crippen LogP contribution >= 0.6 is 11.3 Å². The Labute approximate surface area is 99.0 Å². The van der Waals surface area contributed by atoms with Crippen molar-refractivity contribution < 1.29 is 9.53 Å². The van der Waals surface area contributed by atoms with Gasteiger partial charge < -0.3 is 10.1 Å². The van der Waals surface area contributed by atoms with E-state index in [2.05, 4.69) is 10.3 Å². The summed E-state index contributed by atoms with van der Waals surface area (Å²) in [7, 11) is 0. The van der Waals surface area contributed by atoms with Gasteiger partial charge in [-0.3, -0.25) is 4.79 Å². The molecule has 1 N–H and O–H groups in total. The highest BCUT2D eigenvalue weighted by atomic mass is 32.1. The van der Waals surface area contributed by atoms with E-state index in [1.54, 1.807) is 0 Å². The van der Waals surface area contributed by atoms with Gasteiger partial charge in [0.1, 0.15) is 0 Å². The third-order valence-corrected chi connectivity index (χ3v) is 3.76. The van der Waals surface area contributed by atoms with Gasteiger partial charge in [0, 0.05) is 12.8 Å². The molecule has 1 aliphatic heterocycles. The molecule has 0 bridgehead atoms. The summed E-state index contributed by atoms with van der Waals surface area (Å²) >= 11 is 1.52. The minimum absolute atomic E-state index is 0.00715. The molecular formula is C11H16N2O2S. The lowest BCUT2D eigenvalue weighted by molar-refractivity contribution is -0.115.